The zero-order valence-corrected chi connectivity index (χ0v) is 12.7. The van der Waals surface area contributed by atoms with E-state index in [1.807, 2.05) is 38.2 Å². The second-order valence-electron chi connectivity index (χ2n) is 5.51. The minimum atomic E-state index is 0.460. The zero-order chi connectivity index (χ0) is 14.2. The fraction of sp³-hybridized carbons (Fsp3) is 0.647. The van der Waals surface area contributed by atoms with Crippen LogP contribution in [0, 0.1) is 5.92 Å². The first-order chi connectivity index (χ1) is 9.83. The van der Waals surface area contributed by atoms with Gasteiger partial charge in [-0.15, -0.1) is 0 Å². The average molecular weight is 277 g/mol. The highest BCUT2D eigenvalue weighted by atomic mass is 16.5. The number of ether oxygens (including phenoxy) is 2. The number of hydrogen-bond donors (Lipinski definition) is 1. The van der Waals surface area contributed by atoms with Crippen LogP contribution in [0.5, 0.6) is 11.5 Å². The van der Waals surface area contributed by atoms with E-state index in [0.29, 0.717) is 12.6 Å². The van der Waals surface area contributed by atoms with Crippen molar-refractivity contribution >= 4 is 0 Å². The molecule has 0 aliphatic heterocycles. The Balaban J connectivity index is 1.82. The molecule has 20 heavy (non-hydrogen) atoms. The van der Waals surface area contributed by atoms with E-state index < -0.39 is 0 Å². The van der Waals surface area contributed by atoms with Gasteiger partial charge in [-0.1, -0.05) is 19.3 Å². The molecule has 1 aromatic carbocycles. The summed E-state index contributed by atoms with van der Waals surface area (Å²) < 4.78 is 11.4. The van der Waals surface area contributed by atoms with E-state index in [2.05, 4.69) is 5.32 Å². The molecule has 3 nitrogen and oxygen atoms in total. The van der Waals surface area contributed by atoms with E-state index >= 15 is 0 Å². The molecule has 1 unspecified atom stereocenters. The molecule has 1 aliphatic rings. The van der Waals surface area contributed by atoms with Crippen molar-refractivity contribution in [3.05, 3.63) is 24.3 Å². The monoisotopic (exact) mass is 277 g/mol. The number of hydrogen-bond acceptors (Lipinski definition) is 3. The van der Waals surface area contributed by atoms with Crippen LogP contribution in [0.15, 0.2) is 24.3 Å². The van der Waals surface area contributed by atoms with E-state index in [1.54, 1.807) is 0 Å². The minimum Gasteiger partial charge on any atom is -0.494 e. The summed E-state index contributed by atoms with van der Waals surface area (Å²) in [6.07, 6.45) is 6.79. The molecule has 1 N–H and O–H groups in total. The highest BCUT2D eigenvalue weighted by Crippen LogP contribution is 2.27. The van der Waals surface area contributed by atoms with Gasteiger partial charge in [0.1, 0.15) is 18.1 Å². The van der Waals surface area contributed by atoms with Crippen LogP contribution in [0.1, 0.15) is 39.0 Å². The van der Waals surface area contributed by atoms with Crippen molar-refractivity contribution in [2.45, 2.75) is 45.1 Å². The molecule has 0 radical (unpaired) electrons. The van der Waals surface area contributed by atoms with Crippen molar-refractivity contribution < 1.29 is 9.47 Å². The lowest BCUT2D eigenvalue weighted by Gasteiger charge is -2.29. The van der Waals surface area contributed by atoms with E-state index in [0.717, 1.165) is 24.0 Å². The molecular weight excluding hydrogens is 250 g/mol. The summed E-state index contributed by atoms with van der Waals surface area (Å²) >= 11 is 0. The Morgan fingerprint density at radius 3 is 2.20 bits per heavy atom. The molecule has 1 aliphatic carbocycles. The van der Waals surface area contributed by atoms with Gasteiger partial charge in [0.2, 0.25) is 0 Å². The third-order valence-electron chi connectivity index (χ3n) is 4.15. The Kier molecular flexibility index (Phi) is 6.19. The molecule has 0 saturated heterocycles. The molecule has 2 rings (SSSR count). The predicted octanol–water partition coefficient (Wildman–Crippen LogP) is 3.63. The van der Waals surface area contributed by atoms with Crippen molar-refractivity contribution in [2.75, 3.05) is 20.3 Å². The molecule has 1 atom stereocenters. The summed E-state index contributed by atoms with van der Waals surface area (Å²) in [5.74, 6) is 2.58. The van der Waals surface area contributed by atoms with Gasteiger partial charge in [0.25, 0.3) is 0 Å². The van der Waals surface area contributed by atoms with Gasteiger partial charge in [-0.2, -0.15) is 0 Å². The topological polar surface area (TPSA) is 30.5 Å². The van der Waals surface area contributed by atoms with Crippen LogP contribution < -0.4 is 14.8 Å². The van der Waals surface area contributed by atoms with Crippen LogP contribution in [0.4, 0.5) is 0 Å². The van der Waals surface area contributed by atoms with Crippen LogP contribution in [0.25, 0.3) is 0 Å². The van der Waals surface area contributed by atoms with Gasteiger partial charge in [-0.05, 0) is 57.0 Å². The van der Waals surface area contributed by atoms with E-state index in [9.17, 15) is 0 Å². The molecule has 0 heterocycles. The second kappa shape index (κ2) is 8.15. The largest absolute Gasteiger partial charge is 0.494 e. The zero-order valence-electron chi connectivity index (χ0n) is 12.7. The van der Waals surface area contributed by atoms with Gasteiger partial charge in [-0.25, -0.2) is 0 Å². The van der Waals surface area contributed by atoms with Crippen LogP contribution in [-0.4, -0.2) is 26.3 Å². The van der Waals surface area contributed by atoms with Crippen LogP contribution in [-0.2, 0) is 0 Å². The lowest BCUT2D eigenvalue weighted by Crippen LogP contribution is -2.39. The first-order valence-electron chi connectivity index (χ1n) is 7.86. The first-order valence-corrected chi connectivity index (χ1v) is 7.86. The number of rotatable bonds is 7. The van der Waals surface area contributed by atoms with Gasteiger partial charge in [0.15, 0.2) is 0 Å². The number of likely N-dealkylation sites (N-methyl/N-ethyl adjacent to an activating group) is 1. The first kappa shape index (κ1) is 15.2. The van der Waals surface area contributed by atoms with E-state index in [-0.39, 0.29) is 0 Å². The number of nitrogens with one attached hydrogen (secondary N) is 1. The van der Waals surface area contributed by atoms with Crippen LogP contribution in [0.3, 0.4) is 0 Å². The predicted molar refractivity (Wildman–Crippen MR) is 82.5 cm³/mol. The van der Waals surface area contributed by atoms with Crippen molar-refractivity contribution in [1.82, 2.24) is 5.32 Å². The maximum absolute atomic E-state index is 5.93. The smallest absolute Gasteiger partial charge is 0.119 e. The quantitative estimate of drug-likeness (QED) is 0.825. The molecule has 3 heteroatoms. The van der Waals surface area contributed by atoms with E-state index in [1.165, 1.54) is 32.1 Å². The highest BCUT2D eigenvalue weighted by molar-refractivity contribution is 5.31. The molecule has 1 saturated carbocycles. The lowest BCUT2D eigenvalue weighted by molar-refractivity contribution is 0.192. The molecule has 1 fully saturated rings. The van der Waals surface area contributed by atoms with Gasteiger partial charge >= 0.3 is 0 Å². The Morgan fingerprint density at radius 1 is 1.05 bits per heavy atom. The van der Waals surface area contributed by atoms with Crippen molar-refractivity contribution in [3.63, 3.8) is 0 Å². The summed E-state index contributed by atoms with van der Waals surface area (Å²) in [6.45, 7) is 3.44. The normalized spacial score (nSPS) is 17.7. The molecule has 0 amide bonds. The van der Waals surface area contributed by atoms with Gasteiger partial charge < -0.3 is 14.8 Å². The van der Waals surface area contributed by atoms with Gasteiger partial charge in [-0.3, -0.25) is 0 Å². The molecular formula is C17H27NO2. The van der Waals surface area contributed by atoms with Crippen molar-refractivity contribution in [2.24, 2.45) is 5.92 Å². The second-order valence-corrected chi connectivity index (χ2v) is 5.51. The standard InChI is InChI=1S/C17H27NO2/c1-3-19-15-9-11-16(12-10-15)20-13-17(18-2)14-7-5-4-6-8-14/h9-12,14,17-18H,3-8,13H2,1-2H3. The third kappa shape index (κ3) is 4.41. The molecule has 1 aromatic rings. The summed E-state index contributed by atoms with van der Waals surface area (Å²) in [4.78, 5) is 0. The summed E-state index contributed by atoms with van der Waals surface area (Å²) in [5, 5.41) is 3.42. The van der Waals surface area contributed by atoms with E-state index in [4.69, 9.17) is 9.47 Å². The molecule has 0 aromatic heterocycles. The maximum atomic E-state index is 5.93. The Hall–Kier alpha value is -1.22. The average Bonchev–Trinajstić information content (AvgIpc) is 2.51. The SMILES string of the molecule is CCOc1ccc(OCC(NC)C2CCCCC2)cc1. The fourth-order valence-corrected chi connectivity index (χ4v) is 2.98. The minimum absolute atomic E-state index is 0.460. The van der Waals surface area contributed by atoms with Crippen molar-refractivity contribution in [3.8, 4) is 11.5 Å². The number of benzene rings is 1. The highest BCUT2D eigenvalue weighted by Gasteiger charge is 2.22. The Labute approximate surface area is 122 Å². The summed E-state index contributed by atoms with van der Waals surface area (Å²) in [5.41, 5.74) is 0. The molecule has 0 spiro atoms. The Morgan fingerprint density at radius 2 is 1.65 bits per heavy atom. The fourth-order valence-electron chi connectivity index (χ4n) is 2.98. The van der Waals surface area contributed by atoms with Gasteiger partial charge in [0.05, 0.1) is 6.61 Å². The lowest BCUT2D eigenvalue weighted by atomic mass is 9.84. The van der Waals surface area contributed by atoms with Gasteiger partial charge in [0, 0.05) is 6.04 Å². The molecule has 112 valence electrons. The summed E-state index contributed by atoms with van der Waals surface area (Å²) in [6, 6.07) is 8.36. The Bertz CT molecular complexity index is 371. The van der Waals surface area contributed by atoms with Crippen LogP contribution >= 0.6 is 0 Å². The third-order valence-corrected chi connectivity index (χ3v) is 4.15. The molecule has 0 bridgehead atoms. The maximum Gasteiger partial charge on any atom is 0.119 e. The van der Waals surface area contributed by atoms with Crippen molar-refractivity contribution in [1.29, 1.82) is 0 Å². The summed E-state index contributed by atoms with van der Waals surface area (Å²) in [7, 11) is 2.04. The van der Waals surface area contributed by atoms with Crippen LogP contribution in [0.2, 0.25) is 0 Å².